The second-order valence-electron chi connectivity index (χ2n) is 3.96. The van der Waals surface area contributed by atoms with Crippen LogP contribution in [0, 0.1) is 5.82 Å². The average molecular weight is 356 g/mol. The molecule has 0 atom stereocenters. The van der Waals surface area contributed by atoms with Gasteiger partial charge in [-0.25, -0.2) is 4.39 Å². The summed E-state index contributed by atoms with van der Waals surface area (Å²) in [6.45, 7) is 0. The van der Waals surface area contributed by atoms with E-state index in [1.807, 2.05) is 0 Å². The fraction of sp³-hybridized carbons (Fsp3) is 0.0714. The largest absolute Gasteiger partial charge is 0.508 e. The highest BCUT2D eigenvalue weighted by Crippen LogP contribution is 2.23. The van der Waals surface area contributed by atoms with E-state index >= 15 is 0 Å². The molecule has 2 aromatic rings. The quantitative estimate of drug-likeness (QED) is 0.814. The molecule has 20 heavy (non-hydrogen) atoms. The molecule has 2 aromatic carbocycles. The monoisotopic (exact) mass is 355 g/mol. The van der Waals surface area contributed by atoms with E-state index in [1.165, 1.54) is 23.9 Å². The summed E-state index contributed by atoms with van der Waals surface area (Å²) in [4.78, 5) is 12.5. The lowest BCUT2D eigenvalue weighted by Crippen LogP contribution is -2.14. The number of phenols is 1. The number of aromatic hydroxyl groups is 1. The lowest BCUT2D eigenvalue weighted by molar-refractivity contribution is -0.113. The van der Waals surface area contributed by atoms with Crippen molar-refractivity contribution in [3.63, 3.8) is 0 Å². The van der Waals surface area contributed by atoms with Gasteiger partial charge in [0.05, 0.1) is 11.4 Å². The van der Waals surface area contributed by atoms with E-state index in [2.05, 4.69) is 21.2 Å². The molecular weight excluding hydrogens is 345 g/mol. The van der Waals surface area contributed by atoms with E-state index in [9.17, 15) is 14.3 Å². The van der Waals surface area contributed by atoms with E-state index in [-0.39, 0.29) is 23.1 Å². The summed E-state index contributed by atoms with van der Waals surface area (Å²) in [5.41, 5.74) is 0.148. The number of hydrogen-bond acceptors (Lipinski definition) is 3. The predicted molar refractivity (Wildman–Crippen MR) is 81.6 cm³/mol. The van der Waals surface area contributed by atoms with Gasteiger partial charge in [0.25, 0.3) is 0 Å². The Balaban J connectivity index is 1.92. The molecule has 2 N–H and O–H groups in total. The van der Waals surface area contributed by atoms with Gasteiger partial charge in [-0.2, -0.15) is 0 Å². The van der Waals surface area contributed by atoms with Crippen molar-refractivity contribution >= 4 is 39.3 Å². The van der Waals surface area contributed by atoms with Gasteiger partial charge in [-0.05, 0) is 36.4 Å². The van der Waals surface area contributed by atoms with Crippen molar-refractivity contribution in [2.45, 2.75) is 4.90 Å². The number of thioether (sulfide) groups is 1. The Morgan fingerprint density at radius 3 is 2.80 bits per heavy atom. The van der Waals surface area contributed by atoms with Crippen LogP contribution in [0.5, 0.6) is 5.75 Å². The van der Waals surface area contributed by atoms with Crippen LogP contribution in [0.3, 0.4) is 0 Å². The van der Waals surface area contributed by atoms with Crippen LogP contribution < -0.4 is 5.32 Å². The van der Waals surface area contributed by atoms with Gasteiger partial charge in [0.2, 0.25) is 5.91 Å². The Kier molecular flexibility index (Phi) is 5.03. The normalized spacial score (nSPS) is 10.3. The maximum Gasteiger partial charge on any atom is 0.234 e. The molecule has 0 fully saturated rings. The van der Waals surface area contributed by atoms with Crippen molar-refractivity contribution in [2.24, 2.45) is 0 Å². The zero-order valence-electron chi connectivity index (χ0n) is 10.3. The number of hydrogen-bond donors (Lipinski definition) is 2. The van der Waals surface area contributed by atoms with Crippen LogP contribution in [-0.2, 0) is 4.79 Å². The molecule has 0 aliphatic rings. The number of rotatable bonds is 4. The number of carbonyl (C=O) groups is 1. The average Bonchev–Trinajstić information content (AvgIpc) is 2.40. The molecule has 0 spiro atoms. The van der Waals surface area contributed by atoms with Gasteiger partial charge in [0, 0.05) is 9.37 Å². The summed E-state index contributed by atoms with van der Waals surface area (Å²) in [7, 11) is 0. The molecular formula is C14H11BrFNO2S. The van der Waals surface area contributed by atoms with E-state index in [0.717, 1.165) is 4.90 Å². The Morgan fingerprint density at radius 1 is 1.30 bits per heavy atom. The van der Waals surface area contributed by atoms with Gasteiger partial charge < -0.3 is 10.4 Å². The number of amides is 1. The van der Waals surface area contributed by atoms with E-state index in [4.69, 9.17) is 0 Å². The molecule has 0 aliphatic heterocycles. The standard InChI is InChI=1S/C14H11BrFNO2S/c15-9-4-5-13(12(16)6-9)17-14(19)8-20-11-3-1-2-10(18)7-11/h1-7,18H,8H2,(H,17,19). The van der Waals surface area contributed by atoms with Crippen LogP contribution in [0.2, 0.25) is 0 Å². The minimum atomic E-state index is -0.491. The fourth-order valence-corrected chi connectivity index (χ4v) is 2.58. The fourth-order valence-electron chi connectivity index (χ4n) is 1.50. The van der Waals surface area contributed by atoms with Crippen molar-refractivity contribution in [1.29, 1.82) is 0 Å². The zero-order valence-corrected chi connectivity index (χ0v) is 12.7. The first-order valence-corrected chi connectivity index (χ1v) is 7.49. The third-order valence-electron chi connectivity index (χ3n) is 2.39. The van der Waals surface area contributed by atoms with Gasteiger partial charge >= 0.3 is 0 Å². The molecule has 0 bridgehead atoms. The number of halogens is 2. The van der Waals surface area contributed by atoms with Crippen molar-refractivity contribution in [2.75, 3.05) is 11.1 Å². The second-order valence-corrected chi connectivity index (χ2v) is 5.92. The molecule has 1 amide bonds. The molecule has 0 unspecified atom stereocenters. The molecule has 2 rings (SSSR count). The Labute approximate surface area is 128 Å². The number of carbonyl (C=O) groups excluding carboxylic acids is 1. The second kappa shape index (κ2) is 6.76. The van der Waals surface area contributed by atoms with Crippen LogP contribution in [0.1, 0.15) is 0 Å². The molecule has 0 heterocycles. The minimum Gasteiger partial charge on any atom is -0.508 e. The van der Waals surface area contributed by atoms with Crippen molar-refractivity contribution in [1.82, 2.24) is 0 Å². The van der Waals surface area contributed by atoms with Crippen LogP contribution >= 0.6 is 27.7 Å². The van der Waals surface area contributed by atoms with Crippen molar-refractivity contribution < 1.29 is 14.3 Å². The maximum absolute atomic E-state index is 13.5. The predicted octanol–water partition coefficient (Wildman–Crippen LogP) is 4.02. The molecule has 0 radical (unpaired) electrons. The van der Waals surface area contributed by atoms with E-state index in [0.29, 0.717) is 4.47 Å². The molecule has 104 valence electrons. The minimum absolute atomic E-state index is 0.138. The smallest absolute Gasteiger partial charge is 0.234 e. The van der Waals surface area contributed by atoms with Gasteiger partial charge in [-0.3, -0.25) is 4.79 Å². The first-order valence-electron chi connectivity index (χ1n) is 5.71. The third-order valence-corrected chi connectivity index (χ3v) is 3.88. The first kappa shape index (κ1) is 14.9. The Hall–Kier alpha value is -1.53. The first-order chi connectivity index (χ1) is 9.54. The molecule has 0 aliphatic carbocycles. The molecule has 3 nitrogen and oxygen atoms in total. The lowest BCUT2D eigenvalue weighted by atomic mass is 10.3. The van der Waals surface area contributed by atoms with Gasteiger partial charge in [-0.1, -0.05) is 22.0 Å². The van der Waals surface area contributed by atoms with Crippen LogP contribution in [-0.4, -0.2) is 16.8 Å². The number of phenolic OH excluding ortho intramolecular Hbond substituents is 1. The van der Waals surface area contributed by atoms with Gasteiger partial charge in [0.15, 0.2) is 0 Å². The summed E-state index contributed by atoms with van der Waals surface area (Å²) in [5, 5.41) is 11.8. The Morgan fingerprint density at radius 2 is 2.10 bits per heavy atom. The number of anilines is 1. The third kappa shape index (κ3) is 4.25. The molecule has 0 saturated heterocycles. The SMILES string of the molecule is O=C(CSc1cccc(O)c1)Nc1ccc(Br)cc1F. The highest BCUT2D eigenvalue weighted by molar-refractivity contribution is 9.10. The molecule has 0 saturated carbocycles. The van der Waals surface area contributed by atoms with E-state index < -0.39 is 5.82 Å². The van der Waals surface area contributed by atoms with Crippen molar-refractivity contribution in [3.05, 3.63) is 52.8 Å². The van der Waals surface area contributed by atoms with Crippen LogP contribution in [0.4, 0.5) is 10.1 Å². The summed E-state index contributed by atoms with van der Waals surface area (Å²) < 4.78 is 14.2. The zero-order chi connectivity index (χ0) is 14.5. The summed E-state index contributed by atoms with van der Waals surface area (Å²) in [6.07, 6.45) is 0. The number of benzene rings is 2. The van der Waals surface area contributed by atoms with Crippen LogP contribution in [0.25, 0.3) is 0 Å². The van der Waals surface area contributed by atoms with E-state index in [1.54, 1.807) is 30.3 Å². The lowest BCUT2D eigenvalue weighted by Gasteiger charge is -2.07. The van der Waals surface area contributed by atoms with Gasteiger partial charge in [-0.15, -0.1) is 11.8 Å². The topological polar surface area (TPSA) is 49.3 Å². The molecule has 6 heteroatoms. The van der Waals surface area contributed by atoms with Crippen molar-refractivity contribution in [3.8, 4) is 5.75 Å². The van der Waals surface area contributed by atoms with Crippen LogP contribution in [0.15, 0.2) is 51.8 Å². The highest BCUT2D eigenvalue weighted by atomic mass is 79.9. The highest BCUT2D eigenvalue weighted by Gasteiger charge is 2.08. The maximum atomic E-state index is 13.5. The Bertz CT molecular complexity index is 636. The number of nitrogens with one attached hydrogen (secondary N) is 1. The molecule has 0 aromatic heterocycles. The summed E-state index contributed by atoms with van der Waals surface area (Å²) in [5.74, 6) is -0.511. The summed E-state index contributed by atoms with van der Waals surface area (Å²) in [6, 6.07) is 11.1. The summed E-state index contributed by atoms with van der Waals surface area (Å²) >= 11 is 4.42. The van der Waals surface area contributed by atoms with Gasteiger partial charge in [0.1, 0.15) is 11.6 Å².